The first-order valence-electron chi connectivity index (χ1n) is 8.26. The van der Waals surface area contributed by atoms with E-state index >= 15 is 0 Å². The molecule has 3 aromatic rings. The molecule has 144 valence electrons. The van der Waals surface area contributed by atoms with Gasteiger partial charge in [0.2, 0.25) is 5.91 Å². The Hall–Kier alpha value is -3.75. The lowest BCUT2D eigenvalue weighted by molar-refractivity contribution is -0.125. The number of ether oxygens (including phenoxy) is 1. The van der Waals surface area contributed by atoms with Gasteiger partial charge in [0.05, 0.1) is 12.2 Å². The minimum Gasteiger partial charge on any atom is -0.481 e. The van der Waals surface area contributed by atoms with E-state index in [0.717, 1.165) is 17.8 Å². The summed E-state index contributed by atoms with van der Waals surface area (Å²) >= 11 is 0. The van der Waals surface area contributed by atoms with Gasteiger partial charge in [-0.15, -0.1) is 0 Å². The number of benzene rings is 2. The first kappa shape index (κ1) is 19.0. The highest BCUT2D eigenvalue weighted by atomic mass is 19.1. The van der Waals surface area contributed by atoms with E-state index in [2.05, 4.69) is 15.7 Å². The van der Waals surface area contributed by atoms with Gasteiger partial charge >= 0.3 is 0 Å². The normalized spacial score (nSPS) is 10.4. The van der Waals surface area contributed by atoms with Crippen molar-refractivity contribution in [3.8, 4) is 11.4 Å². The molecule has 9 heteroatoms. The van der Waals surface area contributed by atoms with Crippen LogP contribution < -0.4 is 15.4 Å². The molecule has 0 fully saturated rings. The molecule has 2 N–H and O–H groups in total. The number of hydrogen-bond donors (Lipinski definition) is 2. The van der Waals surface area contributed by atoms with Gasteiger partial charge in [0.1, 0.15) is 5.82 Å². The van der Waals surface area contributed by atoms with Crippen molar-refractivity contribution in [3.05, 3.63) is 72.6 Å². The quantitative estimate of drug-likeness (QED) is 0.653. The average Bonchev–Trinajstić information content (AvgIpc) is 3.21. The Morgan fingerprint density at radius 2 is 1.86 bits per heavy atom. The van der Waals surface area contributed by atoms with Crippen LogP contribution in [0.4, 0.5) is 14.5 Å². The van der Waals surface area contributed by atoms with Crippen LogP contribution in [-0.4, -0.2) is 34.7 Å². The number of aromatic nitrogens is 2. The molecule has 28 heavy (non-hydrogen) atoms. The molecule has 1 aromatic heterocycles. The highest BCUT2D eigenvalue weighted by Crippen LogP contribution is 2.17. The second-order valence-corrected chi connectivity index (χ2v) is 5.69. The highest BCUT2D eigenvalue weighted by molar-refractivity contribution is 5.94. The molecule has 0 aliphatic heterocycles. The van der Waals surface area contributed by atoms with Crippen LogP contribution in [0.3, 0.4) is 0 Å². The maximum absolute atomic E-state index is 13.4. The molecule has 7 nitrogen and oxygen atoms in total. The molecule has 0 saturated heterocycles. The summed E-state index contributed by atoms with van der Waals surface area (Å²) < 4.78 is 32.8. The number of hydrogen-bond acceptors (Lipinski definition) is 4. The van der Waals surface area contributed by atoms with E-state index in [9.17, 15) is 18.4 Å². The Morgan fingerprint density at radius 3 is 2.54 bits per heavy atom. The summed E-state index contributed by atoms with van der Waals surface area (Å²) in [5, 5.41) is 9.09. The minimum absolute atomic E-state index is 0.252. The van der Waals surface area contributed by atoms with Gasteiger partial charge in [-0.2, -0.15) is 5.10 Å². The molecule has 0 unspecified atom stereocenters. The summed E-state index contributed by atoms with van der Waals surface area (Å²) in [5.41, 5.74) is 1.39. The lowest BCUT2D eigenvalue weighted by Crippen LogP contribution is -2.35. The lowest BCUT2D eigenvalue weighted by atomic mass is 10.3. The predicted molar refractivity (Wildman–Crippen MR) is 97.1 cm³/mol. The maximum atomic E-state index is 13.4. The van der Waals surface area contributed by atoms with Crippen LogP contribution in [0.1, 0.15) is 0 Å². The van der Waals surface area contributed by atoms with Crippen molar-refractivity contribution in [1.29, 1.82) is 0 Å². The number of nitrogens with one attached hydrogen (secondary N) is 2. The van der Waals surface area contributed by atoms with Crippen LogP contribution in [0, 0.1) is 11.6 Å². The zero-order chi connectivity index (χ0) is 19.9. The van der Waals surface area contributed by atoms with Gasteiger partial charge in [-0.1, -0.05) is 0 Å². The van der Waals surface area contributed by atoms with E-state index in [1.54, 1.807) is 47.4 Å². The van der Waals surface area contributed by atoms with Gasteiger partial charge in [0.15, 0.2) is 18.2 Å². The van der Waals surface area contributed by atoms with Gasteiger partial charge in [-0.3, -0.25) is 9.59 Å². The first-order chi connectivity index (χ1) is 13.5. The lowest BCUT2D eigenvalue weighted by Gasteiger charge is -2.09. The van der Waals surface area contributed by atoms with Crippen LogP contribution in [0.2, 0.25) is 0 Å². The number of carbonyl (C=O) groups is 2. The van der Waals surface area contributed by atoms with Gasteiger partial charge in [-0.05, 0) is 42.5 Å². The van der Waals surface area contributed by atoms with Crippen molar-refractivity contribution in [1.82, 2.24) is 15.1 Å². The molecule has 0 aliphatic rings. The SMILES string of the molecule is O=C(COc1ccc(F)cc1F)NCC(=O)Nc1ccc(-n2cccn2)cc1. The van der Waals surface area contributed by atoms with E-state index in [-0.39, 0.29) is 12.3 Å². The third-order valence-corrected chi connectivity index (χ3v) is 3.62. The van der Waals surface area contributed by atoms with Crippen molar-refractivity contribution < 1.29 is 23.1 Å². The second kappa shape index (κ2) is 8.76. The number of anilines is 1. The Morgan fingerprint density at radius 1 is 1.07 bits per heavy atom. The number of rotatable bonds is 7. The Labute approximate surface area is 158 Å². The van der Waals surface area contributed by atoms with Gasteiger partial charge in [-0.25, -0.2) is 13.5 Å². The zero-order valence-corrected chi connectivity index (χ0v) is 14.6. The topological polar surface area (TPSA) is 85.2 Å². The minimum atomic E-state index is -0.913. The molecule has 2 amide bonds. The molecule has 0 saturated carbocycles. The van der Waals surface area contributed by atoms with Crippen LogP contribution in [0.5, 0.6) is 5.75 Å². The Balaban J connectivity index is 1.43. The summed E-state index contributed by atoms with van der Waals surface area (Å²) in [6, 6.07) is 11.5. The fraction of sp³-hybridized carbons (Fsp3) is 0.105. The predicted octanol–water partition coefficient (Wildman–Crippen LogP) is 2.28. The van der Waals surface area contributed by atoms with Gasteiger partial charge in [0, 0.05) is 24.1 Å². The van der Waals surface area contributed by atoms with Crippen LogP contribution in [0.15, 0.2) is 60.9 Å². The van der Waals surface area contributed by atoms with E-state index in [1.165, 1.54) is 0 Å². The van der Waals surface area contributed by atoms with Gasteiger partial charge < -0.3 is 15.4 Å². The van der Waals surface area contributed by atoms with E-state index < -0.39 is 30.1 Å². The molecule has 2 aromatic carbocycles. The largest absolute Gasteiger partial charge is 0.481 e. The smallest absolute Gasteiger partial charge is 0.258 e. The average molecular weight is 386 g/mol. The third-order valence-electron chi connectivity index (χ3n) is 3.62. The van der Waals surface area contributed by atoms with Crippen molar-refractivity contribution >= 4 is 17.5 Å². The molecular formula is C19H16F2N4O3. The standard InChI is InChI=1S/C19H16F2N4O3/c20-13-2-7-17(16(21)10-13)28-12-19(27)22-11-18(26)24-14-3-5-15(6-4-14)25-9-1-8-23-25/h1-10H,11-12H2,(H,22,27)(H,24,26). The monoisotopic (exact) mass is 386 g/mol. The van der Waals surface area contributed by atoms with Gasteiger partial charge in [0.25, 0.3) is 5.91 Å². The summed E-state index contributed by atoms with van der Waals surface area (Å²) in [6.45, 7) is -0.788. The molecular weight excluding hydrogens is 370 g/mol. The fourth-order valence-corrected chi connectivity index (χ4v) is 2.29. The summed E-state index contributed by atoms with van der Waals surface area (Å²) in [6.07, 6.45) is 3.45. The zero-order valence-electron chi connectivity index (χ0n) is 14.6. The molecule has 0 bridgehead atoms. The fourth-order valence-electron chi connectivity index (χ4n) is 2.29. The van der Waals surface area contributed by atoms with Crippen molar-refractivity contribution in [2.75, 3.05) is 18.5 Å². The second-order valence-electron chi connectivity index (χ2n) is 5.69. The number of halogens is 2. The van der Waals surface area contributed by atoms with Crippen LogP contribution in [-0.2, 0) is 9.59 Å². The number of carbonyl (C=O) groups excluding carboxylic acids is 2. The third kappa shape index (κ3) is 5.13. The Kier molecular flexibility index (Phi) is 5.95. The van der Waals surface area contributed by atoms with Crippen molar-refractivity contribution in [2.45, 2.75) is 0 Å². The molecule has 1 heterocycles. The molecule has 0 spiro atoms. The number of amides is 2. The van der Waals surface area contributed by atoms with Crippen LogP contribution >= 0.6 is 0 Å². The summed E-state index contributed by atoms with van der Waals surface area (Å²) in [4.78, 5) is 23.6. The van der Waals surface area contributed by atoms with Crippen LogP contribution in [0.25, 0.3) is 5.69 Å². The Bertz CT molecular complexity index is 960. The van der Waals surface area contributed by atoms with E-state index in [1.807, 2.05) is 0 Å². The van der Waals surface area contributed by atoms with E-state index in [4.69, 9.17) is 4.74 Å². The molecule has 0 atom stereocenters. The molecule has 0 radical (unpaired) electrons. The summed E-state index contributed by atoms with van der Waals surface area (Å²) in [7, 11) is 0. The first-order valence-corrected chi connectivity index (χ1v) is 8.26. The maximum Gasteiger partial charge on any atom is 0.258 e. The van der Waals surface area contributed by atoms with Crippen molar-refractivity contribution in [3.63, 3.8) is 0 Å². The molecule has 3 rings (SSSR count). The summed E-state index contributed by atoms with van der Waals surface area (Å²) in [5.74, 6) is -2.97. The molecule has 0 aliphatic carbocycles. The highest BCUT2D eigenvalue weighted by Gasteiger charge is 2.10. The number of nitrogens with zero attached hydrogens (tertiary/aromatic N) is 2. The van der Waals surface area contributed by atoms with Crippen molar-refractivity contribution in [2.24, 2.45) is 0 Å². The van der Waals surface area contributed by atoms with E-state index in [0.29, 0.717) is 11.8 Å².